The summed E-state index contributed by atoms with van der Waals surface area (Å²) < 4.78 is 22.8. The van der Waals surface area contributed by atoms with Gasteiger partial charge in [0.25, 0.3) is 12.4 Å². The van der Waals surface area contributed by atoms with Crippen LogP contribution in [0.2, 0.25) is 0 Å². The van der Waals surface area contributed by atoms with Crippen LogP contribution in [0.25, 0.3) is 0 Å². The molecule has 612 valence electrons. The van der Waals surface area contributed by atoms with E-state index in [1.807, 2.05) is 24.3 Å². The van der Waals surface area contributed by atoms with Gasteiger partial charge in [0.15, 0.2) is 18.6 Å². The molecule has 1 aliphatic heterocycles. The number of unbranched alkanes of at least 4 members (excludes halogenated alkanes) is 1. The average Bonchev–Trinajstić information content (AvgIpc) is 0.875. The molecule has 1 saturated heterocycles. The number of aryl methyl sites for hydroxylation is 1. The maximum atomic E-state index is 13.5. The number of nitrogens with zero attached hydrogens (tertiary/aromatic N) is 4. The highest BCUT2D eigenvalue weighted by atomic mass is 127. The molecule has 0 saturated carbocycles. The van der Waals surface area contributed by atoms with Gasteiger partial charge in [-0.05, 0) is 115 Å². The molecule has 37 nitrogen and oxygen atoms in total. The Kier molecular flexibility index (Phi) is 44.6. The fraction of sp³-hybridized carbons (Fsp3) is 0.548. The van der Waals surface area contributed by atoms with Gasteiger partial charge in [-0.2, -0.15) is 0 Å². The maximum Gasteiger partial charge on any atom is 0.326 e. The third-order valence-electron chi connectivity index (χ3n) is 17.5. The van der Waals surface area contributed by atoms with E-state index in [9.17, 15) is 103 Å². The molecule has 3 aromatic carbocycles. The molecular formula is C73H102IN11O26. The van der Waals surface area contributed by atoms with Crippen molar-refractivity contribution in [3.8, 4) is 5.75 Å². The van der Waals surface area contributed by atoms with E-state index in [1.165, 1.54) is 49.4 Å². The van der Waals surface area contributed by atoms with Gasteiger partial charge >= 0.3 is 47.8 Å². The van der Waals surface area contributed by atoms with Crippen LogP contribution >= 0.6 is 22.6 Å². The number of rotatable bonds is 54. The highest BCUT2D eigenvalue weighted by Gasteiger charge is 2.33. The number of nitrogens with one attached hydrogen (secondary N) is 7. The number of halogens is 1. The number of carboxylic acid groups (broad SMARTS) is 7. The minimum absolute atomic E-state index is 0.0400. The van der Waals surface area contributed by atoms with Crippen molar-refractivity contribution in [3.05, 3.63) is 99.1 Å². The molecule has 6 atom stereocenters. The van der Waals surface area contributed by atoms with Crippen LogP contribution in [0.15, 0.2) is 78.9 Å². The number of ether oxygens (including phenoxy) is 4. The smallest absolute Gasteiger partial charge is 0.326 e. The number of hydrogen-bond acceptors (Lipinski definition) is 23. The number of carboxylic acids is 7. The van der Waals surface area contributed by atoms with E-state index in [0.717, 1.165) is 16.4 Å². The van der Waals surface area contributed by atoms with Crippen molar-refractivity contribution in [2.45, 2.75) is 127 Å². The van der Waals surface area contributed by atoms with E-state index in [1.54, 1.807) is 30.3 Å². The zero-order chi connectivity index (χ0) is 81.5. The van der Waals surface area contributed by atoms with E-state index >= 15 is 0 Å². The van der Waals surface area contributed by atoms with Crippen LogP contribution in [0.3, 0.4) is 0 Å². The van der Waals surface area contributed by atoms with Gasteiger partial charge in [0.2, 0.25) is 23.6 Å². The molecule has 38 heteroatoms. The molecule has 0 radical (unpaired) electrons. The summed E-state index contributed by atoms with van der Waals surface area (Å²) in [5.41, 5.74) is 2.33. The standard InChI is InChI=1S/C73H102IN11O26/c74-53-16-12-49(13-17-53)9-6-10-60(88)75-27-37-108-39-40-109-38-28-76-61(89)23-21-58(71(103)104)84-33-29-82(45-66(94)95)31-35-85(36-32-83(30-34-84)46-67(96)97)59(72(105)106)22-24-62(90)78-44-54(87)43-52(69(99)100)41-51-14-18-55(19-15-51)110-47-63(91)79-57(42-50-7-2-1-3-8-50)68(98)77-26-5-4-11-64(111-48-86)81-73(107)80-56(70(101)102)20-25-65(92)93/h1-3,7-8,12-19,48,52,56-59,64H,4-6,9-11,20-47H2,(H,75,88)(H,76,89)(H,77,98)(H,78,90)(H,79,91)(H,92,93)(H,94,95)(H,96,97)(H,99,100)(H,101,102)(H,103,104)(H,105,106)(H2,80,81,107)/t52-,56+,57+,58?,59?,64-/m1/s1. The molecule has 111 heavy (non-hydrogen) atoms. The lowest BCUT2D eigenvalue weighted by Crippen LogP contribution is -2.53. The number of Topliss-reactive ketones (excluding diaryl/α,β-unsaturated/α-hetero) is 1. The largest absolute Gasteiger partial charge is 0.484 e. The van der Waals surface area contributed by atoms with Gasteiger partial charge < -0.3 is 91.9 Å². The van der Waals surface area contributed by atoms with Crippen molar-refractivity contribution >= 4 is 112 Å². The molecule has 0 aliphatic carbocycles. The van der Waals surface area contributed by atoms with Crippen LogP contribution in [0, 0.1) is 9.49 Å². The van der Waals surface area contributed by atoms with Crippen molar-refractivity contribution in [2.24, 2.45) is 5.92 Å². The molecule has 0 spiro atoms. The first kappa shape index (κ1) is 93.4. The first-order valence-electron chi connectivity index (χ1n) is 36.3. The summed E-state index contributed by atoms with van der Waals surface area (Å²) in [7, 11) is 0. The third-order valence-corrected chi connectivity index (χ3v) is 18.3. The molecule has 4 rings (SSSR count). The van der Waals surface area contributed by atoms with Crippen molar-refractivity contribution in [3.63, 3.8) is 0 Å². The zero-order valence-corrected chi connectivity index (χ0v) is 63.8. The van der Waals surface area contributed by atoms with Crippen LogP contribution < -0.4 is 42.0 Å². The number of carbonyl (C=O) groups is 15. The van der Waals surface area contributed by atoms with E-state index in [2.05, 4.69) is 59.8 Å². The maximum absolute atomic E-state index is 13.5. The molecule has 2 unspecified atom stereocenters. The van der Waals surface area contributed by atoms with Gasteiger partial charge in [0, 0.05) is 121 Å². The first-order valence-corrected chi connectivity index (χ1v) is 37.4. The Hall–Kier alpha value is -10.0. The highest BCUT2D eigenvalue weighted by Crippen LogP contribution is 2.20. The summed E-state index contributed by atoms with van der Waals surface area (Å²) in [5, 5.41) is 86.8. The van der Waals surface area contributed by atoms with Crippen molar-refractivity contribution < 1.29 is 127 Å². The number of amides is 7. The second kappa shape index (κ2) is 53.0. The monoisotopic (exact) mass is 1680 g/mol. The Labute approximate surface area is 654 Å². The zero-order valence-electron chi connectivity index (χ0n) is 61.6. The van der Waals surface area contributed by atoms with Gasteiger partial charge in [-0.25, -0.2) is 9.59 Å². The number of carbonyl (C=O) groups excluding carboxylic acids is 8. The molecular weight excluding hydrogens is 1570 g/mol. The Bertz CT molecular complexity index is 3460. The first-order chi connectivity index (χ1) is 53.1. The van der Waals surface area contributed by atoms with Crippen molar-refractivity contribution in [2.75, 3.05) is 125 Å². The van der Waals surface area contributed by atoms with E-state index in [4.69, 9.17) is 24.1 Å². The Morgan fingerprint density at radius 1 is 0.468 bits per heavy atom. The quantitative estimate of drug-likeness (QED) is 0.0156. The van der Waals surface area contributed by atoms with Crippen molar-refractivity contribution in [1.29, 1.82) is 0 Å². The van der Waals surface area contributed by atoms with E-state index < -0.39 is 165 Å². The van der Waals surface area contributed by atoms with Gasteiger partial charge in [-0.3, -0.25) is 81.9 Å². The second-order valence-corrected chi connectivity index (χ2v) is 27.3. The number of aliphatic carboxylic acids is 7. The number of ketones is 1. The van der Waals surface area contributed by atoms with E-state index in [0.29, 0.717) is 30.5 Å². The van der Waals surface area contributed by atoms with Gasteiger partial charge in [-0.1, -0.05) is 54.6 Å². The molecule has 1 fully saturated rings. The predicted molar refractivity (Wildman–Crippen MR) is 402 cm³/mol. The number of urea groups is 1. The summed E-state index contributed by atoms with van der Waals surface area (Å²) in [5.74, 6) is -13.4. The molecule has 7 amide bonds. The fourth-order valence-corrected chi connectivity index (χ4v) is 12.0. The Balaban J connectivity index is 1.22. The topological polar surface area (TPSA) is 532 Å². The number of hydrogen-bond donors (Lipinski definition) is 14. The van der Waals surface area contributed by atoms with Crippen LogP contribution in [0.1, 0.15) is 93.7 Å². The lowest BCUT2D eigenvalue weighted by atomic mass is 9.94. The predicted octanol–water partition coefficient (Wildman–Crippen LogP) is 0.265. The van der Waals surface area contributed by atoms with Crippen LogP contribution in [-0.4, -0.2) is 300 Å². The Morgan fingerprint density at radius 3 is 1.51 bits per heavy atom. The summed E-state index contributed by atoms with van der Waals surface area (Å²) in [6, 6.07) is 16.6. The lowest BCUT2D eigenvalue weighted by Gasteiger charge is -2.37. The number of benzene rings is 3. The molecule has 0 bridgehead atoms. The lowest BCUT2D eigenvalue weighted by molar-refractivity contribution is -0.146. The molecule has 3 aromatic rings. The molecule has 14 N–H and O–H groups in total. The second-order valence-electron chi connectivity index (χ2n) is 26.1. The van der Waals surface area contributed by atoms with Gasteiger partial charge in [0.1, 0.15) is 29.9 Å². The molecule has 1 heterocycles. The Morgan fingerprint density at radius 2 is 1.00 bits per heavy atom. The highest BCUT2D eigenvalue weighted by molar-refractivity contribution is 14.1. The summed E-state index contributed by atoms with van der Waals surface area (Å²) in [4.78, 5) is 193. The summed E-state index contributed by atoms with van der Waals surface area (Å²) in [6.07, 6.45) is -1.35. The molecule has 0 aromatic heterocycles. The normalized spacial score (nSPS) is 14.8. The minimum atomic E-state index is -1.53. The van der Waals surface area contributed by atoms with Gasteiger partial charge in [0.05, 0.1) is 52.0 Å². The summed E-state index contributed by atoms with van der Waals surface area (Å²) in [6.45, 7) is -1.28. The third kappa shape index (κ3) is 41.0. The fourth-order valence-electron chi connectivity index (χ4n) is 11.7. The van der Waals surface area contributed by atoms with E-state index in [-0.39, 0.29) is 155 Å². The molecule has 1 aliphatic rings. The van der Waals surface area contributed by atoms with Gasteiger partial charge in [-0.15, -0.1) is 0 Å². The minimum Gasteiger partial charge on any atom is -0.484 e. The van der Waals surface area contributed by atoms with Crippen LogP contribution in [0.4, 0.5) is 4.79 Å². The van der Waals surface area contributed by atoms with Crippen LogP contribution in [0.5, 0.6) is 5.75 Å². The van der Waals surface area contributed by atoms with Crippen molar-refractivity contribution in [1.82, 2.24) is 56.8 Å². The van der Waals surface area contributed by atoms with Crippen LogP contribution in [-0.2, 0) is 101 Å². The SMILES string of the molecule is O=CO[C@H](CCCCNC(=O)[C@H](Cc1ccccc1)NC(=O)COc1ccc(C[C@H](CC(=O)CNC(=O)CCC(C(=O)O)N2CCN(CC(=O)O)CCN(C(CCC(=O)NCCOCCOCCNC(=O)CCCc3ccc(I)cc3)C(=O)O)CCN(CC(=O)O)CC2)C(=O)O)cc1)NC(=O)N[C@@H](CCC(=O)O)C(=O)O. The summed E-state index contributed by atoms with van der Waals surface area (Å²) >= 11 is 2.24. The average molecular weight is 1680 g/mol.